The number of nitrogens with two attached hydrogens (primary N) is 1. The molecule has 0 saturated carbocycles. The monoisotopic (exact) mass is 593 g/mol. The number of carbonyl (C=O) groups is 3. The second kappa shape index (κ2) is 14.1. The zero-order chi connectivity index (χ0) is 27.4. The summed E-state index contributed by atoms with van der Waals surface area (Å²) in [5, 5.41) is 18.7. The van der Waals surface area contributed by atoms with Gasteiger partial charge in [-0.05, 0) is 13.8 Å². The summed E-state index contributed by atoms with van der Waals surface area (Å²) in [4.78, 5) is 33.0. The van der Waals surface area contributed by atoms with Crippen LogP contribution in [0.4, 0.5) is 26.3 Å². The minimum atomic E-state index is -3.61. The Morgan fingerprint density at radius 2 is 1.73 bits per heavy atom. The van der Waals surface area contributed by atoms with Crippen LogP contribution < -0.4 is 11.1 Å². The van der Waals surface area contributed by atoms with Gasteiger partial charge in [0, 0.05) is 25.3 Å². The van der Waals surface area contributed by atoms with E-state index in [-0.39, 0.29) is 33.6 Å². The van der Waals surface area contributed by atoms with E-state index in [0.717, 1.165) is 12.0 Å². The molecule has 18 heteroatoms. The number of aliphatic hydroxyl groups is 2. The summed E-state index contributed by atoms with van der Waals surface area (Å²) in [6.45, 7) is 2.46. The average Bonchev–Trinajstić information content (AvgIpc) is 3.29. The number of amides is 2. The Morgan fingerprint density at radius 1 is 1.19 bits per heavy atom. The molecule has 220 valence electrons. The summed E-state index contributed by atoms with van der Waals surface area (Å²) in [7, 11) is 0.862. The predicted octanol–water partition coefficient (Wildman–Crippen LogP) is 0.221. The summed E-state index contributed by atoms with van der Waals surface area (Å²) in [5.41, 5.74) is 4.14. The number of hydrogen-bond acceptors (Lipinski definition) is 8. The Balaban J connectivity index is 0. The highest BCUT2D eigenvalue weighted by atomic mass is 32.1. The number of ether oxygens (including phenoxy) is 2. The van der Waals surface area contributed by atoms with Crippen LogP contribution in [0.3, 0.4) is 0 Å². The Kier molecular flexibility index (Phi) is 14.3. The van der Waals surface area contributed by atoms with Crippen LogP contribution in [-0.2, 0) is 23.9 Å². The van der Waals surface area contributed by atoms with Crippen molar-refractivity contribution in [2.75, 3.05) is 26.9 Å². The molecule has 0 aromatic carbocycles. The van der Waals surface area contributed by atoms with Gasteiger partial charge in [-0.25, -0.2) is 4.79 Å². The Bertz CT molecular complexity index is 795. The molecular weight excluding hydrogens is 560 g/mol. The van der Waals surface area contributed by atoms with E-state index in [4.69, 9.17) is 20.7 Å². The summed E-state index contributed by atoms with van der Waals surface area (Å²) in [5.74, 6) is -14.1. The number of hydrogen-bond donors (Lipinski definition) is 4. The molecule has 37 heavy (non-hydrogen) atoms. The lowest BCUT2D eigenvalue weighted by Crippen LogP contribution is -2.46. The molecule has 0 bridgehead atoms. The van der Waals surface area contributed by atoms with Crippen molar-refractivity contribution in [3.8, 4) is 0 Å². The Morgan fingerprint density at radius 3 is 2.08 bits per heavy atom. The number of halogens is 6. The van der Waals surface area contributed by atoms with Crippen molar-refractivity contribution in [2.24, 2.45) is 5.73 Å². The fourth-order valence-corrected chi connectivity index (χ4v) is 3.48. The van der Waals surface area contributed by atoms with Gasteiger partial charge in [-0.1, -0.05) is 0 Å². The lowest BCUT2D eigenvalue weighted by Gasteiger charge is -2.29. The second-order valence-corrected chi connectivity index (χ2v) is 8.60. The maximum atomic E-state index is 13.0. The fraction of sp³-hybridized carbons (Fsp3) is 0.842. The largest absolute Gasteiger partial charge is 0.465 e. The van der Waals surface area contributed by atoms with E-state index >= 15 is 0 Å². The van der Waals surface area contributed by atoms with Crippen molar-refractivity contribution in [2.45, 2.75) is 74.7 Å². The molecule has 10 nitrogen and oxygen atoms in total. The molecular formula is C19H33F6N3O7S2. The number of nitrogens with one attached hydrogen (secondary N) is 1. The normalized spacial score (nSPS) is 25.1. The van der Waals surface area contributed by atoms with Crippen LogP contribution in [0.5, 0.6) is 0 Å². The van der Waals surface area contributed by atoms with E-state index in [1.165, 1.54) is 0 Å². The van der Waals surface area contributed by atoms with Crippen LogP contribution in [0.15, 0.2) is 0 Å². The van der Waals surface area contributed by atoms with E-state index in [0.29, 0.717) is 0 Å². The first kappa shape index (κ1) is 37.7. The zero-order valence-corrected chi connectivity index (χ0v) is 22.2. The number of aliphatic hydroxyl groups excluding tert-OH is 2. The third-order valence-electron chi connectivity index (χ3n) is 5.23. The van der Waals surface area contributed by atoms with Gasteiger partial charge in [0.15, 0.2) is 0 Å². The molecule has 3 aliphatic rings. The van der Waals surface area contributed by atoms with Crippen molar-refractivity contribution in [3.05, 3.63) is 0 Å². The Hall–Kier alpha value is -1.47. The number of rotatable bonds is 5. The smallest absolute Gasteiger partial charge is 0.376 e. The van der Waals surface area contributed by atoms with Gasteiger partial charge >= 0.3 is 23.7 Å². The number of nitrogens with zero attached hydrogens (tertiary/aromatic N) is 1. The number of esters is 1. The van der Waals surface area contributed by atoms with E-state index in [2.05, 4.69) is 4.74 Å². The van der Waals surface area contributed by atoms with Gasteiger partial charge in [0.25, 0.3) is 11.8 Å². The molecule has 3 aliphatic heterocycles. The molecule has 0 aliphatic carbocycles. The number of fused-ring (bicyclic) bond motifs is 1. The van der Waals surface area contributed by atoms with Gasteiger partial charge < -0.3 is 35.6 Å². The SMILES string of the molecule is CC1(C)OC[C@@H]2CC(F)(F)C(=O)N21.COC(=O)C(F)(F)C[C@H](N)CO.O=C1N[C@H](CO)CC1(F)F.S.S. The highest BCUT2D eigenvalue weighted by Gasteiger charge is 2.60. The van der Waals surface area contributed by atoms with E-state index in [1.807, 2.05) is 5.32 Å². The molecule has 0 aromatic rings. The molecule has 3 atom stereocenters. The van der Waals surface area contributed by atoms with Crippen molar-refractivity contribution in [3.63, 3.8) is 0 Å². The van der Waals surface area contributed by atoms with Gasteiger partial charge in [0.2, 0.25) is 0 Å². The minimum absolute atomic E-state index is 0. The number of carbonyl (C=O) groups excluding carboxylic acids is 3. The van der Waals surface area contributed by atoms with Gasteiger partial charge in [-0.15, -0.1) is 0 Å². The lowest BCUT2D eigenvalue weighted by molar-refractivity contribution is -0.170. The molecule has 3 heterocycles. The van der Waals surface area contributed by atoms with Gasteiger partial charge in [-0.2, -0.15) is 53.3 Å². The molecule has 0 spiro atoms. The van der Waals surface area contributed by atoms with Crippen molar-refractivity contribution >= 4 is 44.8 Å². The molecule has 2 amide bonds. The zero-order valence-electron chi connectivity index (χ0n) is 20.2. The third-order valence-corrected chi connectivity index (χ3v) is 5.23. The predicted molar refractivity (Wildman–Crippen MR) is 126 cm³/mol. The topological polar surface area (TPSA) is 151 Å². The Labute approximate surface area is 223 Å². The molecule has 0 aromatic heterocycles. The van der Waals surface area contributed by atoms with Crippen LogP contribution in [0.1, 0.15) is 33.1 Å². The molecule has 5 N–H and O–H groups in total. The first-order valence-corrected chi connectivity index (χ1v) is 10.3. The fourth-order valence-electron chi connectivity index (χ4n) is 3.48. The number of methoxy groups -OCH3 is 1. The van der Waals surface area contributed by atoms with Gasteiger partial charge in [0.05, 0.1) is 39.0 Å². The highest BCUT2D eigenvalue weighted by Crippen LogP contribution is 2.42. The van der Waals surface area contributed by atoms with E-state index in [1.54, 1.807) is 13.8 Å². The van der Waals surface area contributed by atoms with Crippen LogP contribution in [0.25, 0.3) is 0 Å². The van der Waals surface area contributed by atoms with Gasteiger partial charge in [0.1, 0.15) is 5.72 Å². The summed E-state index contributed by atoms with van der Waals surface area (Å²) in [6, 6.07) is -2.33. The van der Waals surface area contributed by atoms with Crippen LogP contribution in [0.2, 0.25) is 0 Å². The van der Waals surface area contributed by atoms with Crippen molar-refractivity contribution < 1.29 is 60.4 Å². The molecule has 3 saturated heterocycles. The highest BCUT2D eigenvalue weighted by molar-refractivity contribution is 7.59. The quantitative estimate of drug-likeness (QED) is 0.261. The summed E-state index contributed by atoms with van der Waals surface area (Å²) < 4.78 is 84.7. The lowest BCUT2D eigenvalue weighted by atomic mass is 10.1. The second-order valence-electron chi connectivity index (χ2n) is 8.60. The van der Waals surface area contributed by atoms with E-state index in [9.17, 15) is 40.7 Å². The van der Waals surface area contributed by atoms with Crippen LogP contribution >= 0.6 is 27.0 Å². The maximum absolute atomic E-state index is 13.0. The molecule has 3 rings (SSSR count). The first-order chi connectivity index (χ1) is 15.8. The van der Waals surface area contributed by atoms with E-state index < -0.39 is 91.9 Å². The number of alkyl halides is 6. The van der Waals surface area contributed by atoms with Crippen LogP contribution in [0, 0.1) is 0 Å². The van der Waals surface area contributed by atoms with Crippen molar-refractivity contribution in [1.29, 1.82) is 0 Å². The molecule has 0 radical (unpaired) electrons. The van der Waals surface area contributed by atoms with Crippen LogP contribution in [-0.4, -0.2) is 101 Å². The first-order valence-electron chi connectivity index (χ1n) is 10.3. The summed E-state index contributed by atoms with van der Waals surface area (Å²) >= 11 is 0. The standard InChI is InChI=1S/C8H11F2NO2.C6H11F2NO3.C5H7F2NO2.2H2S/c1-7(2)11-5(4-13-7)3-8(9,10)6(11)12;1-12-5(11)6(7,8)2-4(9)3-10;6-5(7)1-3(2-9)8-4(5)10;;/h5H,3-4H2,1-2H3;4,10H,2-3,9H2,1H3;3,9H,1-2H2,(H,8,10);2*1H2/t5-;4-;3-;;/m000../s1. The van der Waals surface area contributed by atoms with Gasteiger partial charge in [-0.3, -0.25) is 9.59 Å². The molecule has 0 unspecified atom stereocenters. The molecule has 3 fully saturated rings. The van der Waals surface area contributed by atoms with Crippen molar-refractivity contribution in [1.82, 2.24) is 10.2 Å². The average molecular weight is 594 g/mol. The third kappa shape index (κ3) is 9.65. The maximum Gasteiger partial charge on any atom is 0.376 e. The minimum Gasteiger partial charge on any atom is -0.465 e. The summed E-state index contributed by atoms with van der Waals surface area (Å²) in [6.07, 6.45) is -1.91.